The van der Waals surface area contributed by atoms with Gasteiger partial charge >= 0.3 is 0 Å². The van der Waals surface area contributed by atoms with Crippen molar-refractivity contribution in [3.05, 3.63) is 48.2 Å². The first-order chi connectivity index (χ1) is 10.3. The Labute approximate surface area is 128 Å². The van der Waals surface area contributed by atoms with Crippen LogP contribution in [0.1, 0.15) is 25.5 Å². The van der Waals surface area contributed by atoms with Gasteiger partial charge in [-0.25, -0.2) is 9.97 Å². The summed E-state index contributed by atoms with van der Waals surface area (Å²) in [4.78, 5) is 12.4. The van der Waals surface area contributed by atoms with Gasteiger partial charge in [0.05, 0.1) is 11.0 Å². The van der Waals surface area contributed by atoms with Crippen molar-refractivity contribution in [2.45, 2.75) is 30.1 Å². The molecule has 1 unspecified atom stereocenters. The smallest absolute Gasteiger partial charge is 0.172 e. The molecule has 0 spiro atoms. The van der Waals surface area contributed by atoms with Gasteiger partial charge in [-0.1, -0.05) is 25.1 Å². The summed E-state index contributed by atoms with van der Waals surface area (Å²) in [5.41, 5.74) is 3.24. The Kier molecular flexibility index (Phi) is 4.22. The zero-order valence-electron chi connectivity index (χ0n) is 12.1. The molecule has 0 aliphatic carbocycles. The molecule has 0 bridgehead atoms. The number of rotatable bonds is 5. The van der Waals surface area contributed by atoms with E-state index < -0.39 is 0 Å². The van der Waals surface area contributed by atoms with Gasteiger partial charge in [0.15, 0.2) is 5.16 Å². The fourth-order valence-corrected chi connectivity index (χ4v) is 3.27. The average Bonchev–Trinajstić information content (AvgIpc) is 2.90. The molecule has 2 N–H and O–H groups in total. The summed E-state index contributed by atoms with van der Waals surface area (Å²) in [6, 6.07) is 12.4. The van der Waals surface area contributed by atoms with Crippen molar-refractivity contribution in [2.75, 3.05) is 6.54 Å². The first-order valence-electron chi connectivity index (χ1n) is 7.09. The van der Waals surface area contributed by atoms with Crippen molar-refractivity contribution >= 4 is 22.8 Å². The van der Waals surface area contributed by atoms with Crippen LogP contribution in [0, 0.1) is 0 Å². The van der Waals surface area contributed by atoms with Crippen molar-refractivity contribution in [1.82, 2.24) is 20.3 Å². The van der Waals surface area contributed by atoms with Crippen LogP contribution < -0.4 is 5.32 Å². The van der Waals surface area contributed by atoms with E-state index in [-0.39, 0.29) is 6.04 Å². The number of benzene rings is 1. The molecule has 0 aliphatic rings. The second-order valence-electron chi connectivity index (χ2n) is 4.84. The van der Waals surface area contributed by atoms with E-state index in [0.717, 1.165) is 27.8 Å². The van der Waals surface area contributed by atoms with Crippen LogP contribution in [-0.4, -0.2) is 21.5 Å². The molecule has 0 fully saturated rings. The Morgan fingerprint density at radius 3 is 2.90 bits per heavy atom. The van der Waals surface area contributed by atoms with Crippen LogP contribution in [0.25, 0.3) is 11.0 Å². The molecule has 2 heterocycles. The summed E-state index contributed by atoms with van der Waals surface area (Å²) in [5.74, 6) is 0. The third-order valence-corrected chi connectivity index (χ3v) is 4.26. The minimum Gasteiger partial charge on any atom is -0.333 e. The minimum absolute atomic E-state index is 0.274. The van der Waals surface area contributed by atoms with Crippen molar-refractivity contribution in [2.24, 2.45) is 0 Å². The van der Waals surface area contributed by atoms with Crippen molar-refractivity contribution in [1.29, 1.82) is 0 Å². The summed E-state index contributed by atoms with van der Waals surface area (Å²) < 4.78 is 0. The van der Waals surface area contributed by atoms with Crippen LogP contribution in [0.2, 0.25) is 0 Å². The molecule has 0 aliphatic heterocycles. The second kappa shape index (κ2) is 6.28. The molecule has 1 atom stereocenters. The number of para-hydroxylation sites is 2. The number of aromatic nitrogens is 3. The van der Waals surface area contributed by atoms with Crippen LogP contribution in [0.3, 0.4) is 0 Å². The third-order valence-electron chi connectivity index (χ3n) is 3.34. The number of imidazole rings is 1. The van der Waals surface area contributed by atoms with E-state index >= 15 is 0 Å². The fraction of sp³-hybridized carbons (Fsp3) is 0.250. The SMILES string of the molecule is CCNC(C)c1cccnc1Sc1nc2ccccc2[nH]1. The molecule has 4 nitrogen and oxygen atoms in total. The molecule has 21 heavy (non-hydrogen) atoms. The molecule has 5 heteroatoms. The monoisotopic (exact) mass is 298 g/mol. The maximum absolute atomic E-state index is 4.60. The van der Waals surface area contributed by atoms with E-state index in [2.05, 4.69) is 40.2 Å². The number of fused-ring (bicyclic) bond motifs is 1. The number of H-pyrrole nitrogens is 1. The lowest BCUT2D eigenvalue weighted by atomic mass is 10.1. The highest BCUT2D eigenvalue weighted by Gasteiger charge is 2.13. The second-order valence-corrected chi connectivity index (χ2v) is 5.82. The lowest BCUT2D eigenvalue weighted by Gasteiger charge is -2.15. The van der Waals surface area contributed by atoms with Crippen LogP contribution in [0.15, 0.2) is 52.8 Å². The number of pyridine rings is 1. The summed E-state index contributed by atoms with van der Waals surface area (Å²) in [6.45, 7) is 5.20. The molecule has 1 aromatic carbocycles. The number of aromatic amines is 1. The molecule has 3 aromatic rings. The zero-order chi connectivity index (χ0) is 14.7. The van der Waals surface area contributed by atoms with Gasteiger partial charge in [0, 0.05) is 17.8 Å². The predicted octanol–water partition coefficient (Wildman–Crippen LogP) is 3.78. The van der Waals surface area contributed by atoms with E-state index in [1.807, 2.05) is 36.5 Å². The summed E-state index contributed by atoms with van der Waals surface area (Å²) in [6.07, 6.45) is 1.83. The highest BCUT2D eigenvalue weighted by atomic mass is 32.2. The Morgan fingerprint density at radius 2 is 2.10 bits per heavy atom. The van der Waals surface area contributed by atoms with Crippen molar-refractivity contribution in [3.8, 4) is 0 Å². The van der Waals surface area contributed by atoms with Gasteiger partial charge in [-0.3, -0.25) is 0 Å². The highest BCUT2D eigenvalue weighted by molar-refractivity contribution is 7.99. The Hall–Kier alpha value is -1.85. The largest absolute Gasteiger partial charge is 0.333 e. The fourth-order valence-electron chi connectivity index (χ4n) is 2.30. The average molecular weight is 298 g/mol. The van der Waals surface area contributed by atoms with Crippen LogP contribution in [0.5, 0.6) is 0 Å². The quantitative estimate of drug-likeness (QED) is 0.752. The molecule has 3 rings (SSSR count). The zero-order valence-corrected chi connectivity index (χ0v) is 12.9. The van der Waals surface area contributed by atoms with Gasteiger partial charge < -0.3 is 10.3 Å². The van der Waals surface area contributed by atoms with Crippen LogP contribution in [0.4, 0.5) is 0 Å². The molecule has 2 aromatic heterocycles. The normalized spacial score (nSPS) is 12.7. The van der Waals surface area contributed by atoms with Crippen LogP contribution in [-0.2, 0) is 0 Å². The van der Waals surface area contributed by atoms with E-state index in [9.17, 15) is 0 Å². The number of nitrogens with zero attached hydrogens (tertiary/aromatic N) is 2. The van der Waals surface area contributed by atoms with E-state index in [4.69, 9.17) is 0 Å². The molecule has 0 saturated heterocycles. The highest BCUT2D eigenvalue weighted by Crippen LogP contribution is 2.30. The molecule has 0 amide bonds. The molecule has 0 radical (unpaired) electrons. The summed E-state index contributed by atoms with van der Waals surface area (Å²) in [7, 11) is 0. The van der Waals surface area contributed by atoms with Gasteiger partial charge in [-0.05, 0) is 43.4 Å². The minimum atomic E-state index is 0.274. The topological polar surface area (TPSA) is 53.6 Å². The predicted molar refractivity (Wildman–Crippen MR) is 86.5 cm³/mol. The molecular formula is C16H18N4S. The Morgan fingerprint density at radius 1 is 1.24 bits per heavy atom. The van der Waals surface area contributed by atoms with Gasteiger partial charge in [0.25, 0.3) is 0 Å². The van der Waals surface area contributed by atoms with Gasteiger partial charge in [-0.2, -0.15) is 0 Å². The molecule has 108 valence electrons. The van der Waals surface area contributed by atoms with Gasteiger partial charge in [0.1, 0.15) is 5.03 Å². The maximum Gasteiger partial charge on any atom is 0.172 e. The molecular weight excluding hydrogens is 280 g/mol. The number of nitrogens with one attached hydrogen (secondary N) is 2. The van der Waals surface area contributed by atoms with Gasteiger partial charge in [-0.15, -0.1) is 0 Å². The first kappa shape index (κ1) is 14.1. The summed E-state index contributed by atoms with van der Waals surface area (Å²) >= 11 is 1.58. The Bertz CT molecular complexity index is 705. The van der Waals surface area contributed by atoms with E-state index in [1.54, 1.807) is 11.8 Å². The lowest BCUT2D eigenvalue weighted by molar-refractivity contribution is 0.585. The van der Waals surface area contributed by atoms with E-state index in [0.29, 0.717) is 0 Å². The number of hydrogen-bond acceptors (Lipinski definition) is 4. The maximum atomic E-state index is 4.60. The molecule has 0 saturated carbocycles. The number of hydrogen-bond donors (Lipinski definition) is 2. The lowest BCUT2D eigenvalue weighted by Crippen LogP contribution is -2.18. The van der Waals surface area contributed by atoms with E-state index in [1.165, 1.54) is 5.56 Å². The van der Waals surface area contributed by atoms with Crippen molar-refractivity contribution in [3.63, 3.8) is 0 Å². The van der Waals surface area contributed by atoms with Crippen molar-refractivity contribution < 1.29 is 0 Å². The third kappa shape index (κ3) is 3.09. The Balaban J connectivity index is 1.90. The summed E-state index contributed by atoms with van der Waals surface area (Å²) in [5, 5.41) is 5.30. The first-order valence-corrected chi connectivity index (χ1v) is 7.90. The standard InChI is InChI=1S/C16H18N4S/c1-3-17-11(2)12-7-6-10-18-15(12)21-16-19-13-8-4-5-9-14(13)20-16/h4-11,17H,3H2,1-2H3,(H,19,20). The van der Waals surface area contributed by atoms with Gasteiger partial charge in [0.2, 0.25) is 0 Å². The van der Waals surface area contributed by atoms with Crippen LogP contribution >= 0.6 is 11.8 Å².